The zero-order valence-corrected chi connectivity index (χ0v) is 10.9. The lowest BCUT2D eigenvalue weighted by Gasteiger charge is -2.19. The fourth-order valence-electron chi connectivity index (χ4n) is 2.13. The van der Waals surface area contributed by atoms with Crippen LogP contribution in [-0.2, 0) is 17.8 Å². The van der Waals surface area contributed by atoms with Gasteiger partial charge < -0.3 is 10.6 Å². The summed E-state index contributed by atoms with van der Waals surface area (Å²) in [4.78, 5) is 15.6. The monoisotopic (exact) mass is 273 g/mol. The van der Waals surface area contributed by atoms with E-state index in [0.717, 1.165) is 22.6 Å². The normalized spacial score (nSPS) is 13.6. The number of amides is 1. The number of rotatable bonds is 2. The van der Waals surface area contributed by atoms with Crippen LogP contribution < -0.4 is 10.6 Å². The third-order valence-electron chi connectivity index (χ3n) is 3.04. The Balaban J connectivity index is 1.94. The number of carbonyl (C=O) groups is 1. The second kappa shape index (κ2) is 4.90. The van der Waals surface area contributed by atoms with Gasteiger partial charge in [0.05, 0.1) is 12.1 Å². The lowest BCUT2D eigenvalue weighted by atomic mass is 10.0. The minimum atomic E-state index is 0.0138. The van der Waals surface area contributed by atoms with Gasteiger partial charge >= 0.3 is 0 Å². The molecule has 1 aliphatic heterocycles. The lowest BCUT2D eigenvalue weighted by Crippen LogP contribution is -2.31. The Hall–Kier alpha value is -2.07. The standard InChI is InChI=1S/C14H12ClN3O/c15-9-2-1-3-10(6-9)18-12-4-5-16-13-7-14(19)17-8-11(12)13/h1-6H,7-8H2,(H,16,18)(H,17,19). The Morgan fingerprint density at radius 2 is 2.21 bits per heavy atom. The van der Waals surface area contributed by atoms with Crippen molar-refractivity contribution in [2.45, 2.75) is 13.0 Å². The van der Waals surface area contributed by atoms with E-state index in [2.05, 4.69) is 15.6 Å². The average molecular weight is 274 g/mol. The Morgan fingerprint density at radius 3 is 3.05 bits per heavy atom. The third kappa shape index (κ3) is 2.53. The molecule has 1 amide bonds. The molecule has 0 unspecified atom stereocenters. The maximum Gasteiger partial charge on any atom is 0.226 e. The SMILES string of the molecule is O=C1Cc2nccc(Nc3cccc(Cl)c3)c2CN1. The molecule has 0 aliphatic carbocycles. The molecule has 0 saturated heterocycles. The molecule has 2 heterocycles. The summed E-state index contributed by atoms with van der Waals surface area (Å²) in [6.07, 6.45) is 2.05. The maximum atomic E-state index is 11.4. The lowest BCUT2D eigenvalue weighted by molar-refractivity contribution is -0.121. The van der Waals surface area contributed by atoms with Crippen molar-refractivity contribution in [3.05, 3.63) is 52.8 Å². The van der Waals surface area contributed by atoms with Crippen LogP contribution in [0.25, 0.3) is 0 Å². The zero-order chi connectivity index (χ0) is 13.2. The highest BCUT2D eigenvalue weighted by molar-refractivity contribution is 6.30. The van der Waals surface area contributed by atoms with Crippen molar-refractivity contribution in [3.8, 4) is 0 Å². The number of halogens is 1. The molecule has 0 bridgehead atoms. The molecule has 0 atom stereocenters. The molecule has 0 saturated carbocycles. The Bertz CT molecular complexity index is 642. The molecule has 2 aromatic rings. The molecule has 5 heteroatoms. The van der Waals surface area contributed by atoms with Crippen LogP contribution >= 0.6 is 11.6 Å². The summed E-state index contributed by atoms with van der Waals surface area (Å²) in [6, 6.07) is 9.42. The molecule has 0 fully saturated rings. The van der Waals surface area contributed by atoms with Crippen LogP contribution in [0.3, 0.4) is 0 Å². The highest BCUT2D eigenvalue weighted by atomic mass is 35.5. The summed E-state index contributed by atoms with van der Waals surface area (Å²) in [5.74, 6) is 0.0138. The van der Waals surface area contributed by atoms with Crippen LogP contribution in [-0.4, -0.2) is 10.9 Å². The minimum Gasteiger partial charge on any atom is -0.355 e. The van der Waals surface area contributed by atoms with Gasteiger partial charge in [0.25, 0.3) is 0 Å². The quantitative estimate of drug-likeness (QED) is 0.884. The fourth-order valence-corrected chi connectivity index (χ4v) is 2.32. The predicted octanol–water partition coefficient (Wildman–Crippen LogP) is 2.65. The second-order valence-corrected chi connectivity index (χ2v) is 4.81. The summed E-state index contributed by atoms with van der Waals surface area (Å²) in [5.41, 5.74) is 3.72. The van der Waals surface area contributed by atoms with E-state index < -0.39 is 0 Å². The van der Waals surface area contributed by atoms with Gasteiger partial charge in [0.2, 0.25) is 5.91 Å². The maximum absolute atomic E-state index is 11.4. The van der Waals surface area contributed by atoms with E-state index in [4.69, 9.17) is 11.6 Å². The molecule has 1 aromatic carbocycles. The average Bonchev–Trinajstić information content (AvgIpc) is 2.38. The largest absolute Gasteiger partial charge is 0.355 e. The third-order valence-corrected chi connectivity index (χ3v) is 3.27. The van der Waals surface area contributed by atoms with E-state index in [1.165, 1.54) is 0 Å². The first-order valence-electron chi connectivity index (χ1n) is 5.98. The molecule has 0 radical (unpaired) electrons. The smallest absolute Gasteiger partial charge is 0.226 e. The number of hydrogen-bond acceptors (Lipinski definition) is 3. The van der Waals surface area contributed by atoms with Gasteiger partial charge in [-0.15, -0.1) is 0 Å². The molecule has 4 nitrogen and oxygen atoms in total. The van der Waals surface area contributed by atoms with Gasteiger partial charge in [-0.2, -0.15) is 0 Å². The molecule has 1 aromatic heterocycles. The summed E-state index contributed by atoms with van der Waals surface area (Å²) in [7, 11) is 0. The molecule has 1 aliphatic rings. The van der Waals surface area contributed by atoms with Gasteiger partial charge in [0.15, 0.2) is 0 Å². The van der Waals surface area contributed by atoms with Gasteiger partial charge in [0.1, 0.15) is 0 Å². The highest BCUT2D eigenvalue weighted by Gasteiger charge is 2.18. The van der Waals surface area contributed by atoms with Crippen LogP contribution in [0.1, 0.15) is 11.3 Å². The minimum absolute atomic E-state index is 0.0138. The summed E-state index contributed by atoms with van der Waals surface area (Å²) in [5, 5.41) is 6.82. The van der Waals surface area contributed by atoms with E-state index in [1.807, 2.05) is 30.3 Å². The van der Waals surface area contributed by atoms with Crippen LogP contribution in [0.2, 0.25) is 5.02 Å². The van der Waals surface area contributed by atoms with Crippen LogP contribution in [0.4, 0.5) is 11.4 Å². The number of anilines is 2. The van der Waals surface area contributed by atoms with Gasteiger partial charge in [0, 0.05) is 34.7 Å². The van der Waals surface area contributed by atoms with E-state index >= 15 is 0 Å². The predicted molar refractivity (Wildman–Crippen MR) is 74.5 cm³/mol. The first-order chi connectivity index (χ1) is 9.22. The van der Waals surface area contributed by atoms with E-state index in [9.17, 15) is 4.79 Å². The van der Waals surface area contributed by atoms with Gasteiger partial charge in [-0.1, -0.05) is 17.7 Å². The number of carbonyl (C=O) groups excluding carboxylic acids is 1. The number of pyridine rings is 1. The van der Waals surface area contributed by atoms with Crippen molar-refractivity contribution < 1.29 is 4.79 Å². The molecular formula is C14H12ClN3O. The van der Waals surface area contributed by atoms with Crippen molar-refractivity contribution >= 4 is 28.9 Å². The summed E-state index contributed by atoms with van der Waals surface area (Å²) < 4.78 is 0. The van der Waals surface area contributed by atoms with Crippen LogP contribution in [0.5, 0.6) is 0 Å². The van der Waals surface area contributed by atoms with Crippen molar-refractivity contribution in [3.63, 3.8) is 0 Å². The molecule has 0 spiro atoms. The zero-order valence-electron chi connectivity index (χ0n) is 10.1. The Labute approximate surface area is 115 Å². The van der Waals surface area contributed by atoms with Crippen LogP contribution in [0.15, 0.2) is 36.5 Å². The van der Waals surface area contributed by atoms with Crippen molar-refractivity contribution in [1.82, 2.24) is 10.3 Å². The Kier molecular flexibility index (Phi) is 3.09. The van der Waals surface area contributed by atoms with Gasteiger partial charge in [-0.3, -0.25) is 9.78 Å². The number of aromatic nitrogens is 1. The molecular weight excluding hydrogens is 262 g/mol. The number of hydrogen-bond donors (Lipinski definition) is 2. The molecule has 19 heavy (non-hydrogen) atoms. The van der Waals surface area contributed by atoms with Gasteiger partial charge in [-0.25, -0.2) is 0 Å². The first-order valence-corrected chi connectivity index (χ1v) is 6.36. The van der Waals surface area contributed by atoms with Crippen molar-refractivity contribution in [1.29, 1.82) is 0 Å². The van der Waals surface area contributed by atoms with Crippen LogP contribution in [0, 0.1) is 0 Å². The molecule has 2 N–H and O–H groups in total. The second-order valence-electron chi connectivity index (χ2n) is 4.37. The fraction of sp³-hybridized carbons (Fsp3) is 0.143. The molecule has 3 rings (SSSR count). The topological polar surface area (TPSA) is 54.0 Å². The van der Waals surface area contributed by atoms with E-state index in [1.54, 1.807) is 6.20 Å². The van der Waals surface area contributed by atoms with Crippen molar-refractivity contribution in [2.75, 3.05) is 5.32 Å². The number of nitrogens with one attached hydrogen (secondary N) is 2. The number of nitrogens with zero attached hydrogens (tertiary/aromatic N) is 1. The van der Waals surface area contributed by atoms with Gasteiger partial charge in [-0.05, 0) is 24.3 Å². The number of benzene rings is 1. The summed E-state index contributed by atoms with van der Waals surface area (Å²) in [6.45, 7) is 0.505. The summed E-state index contributed by atoms with van der Waals surface area (Å²) >= 11 is 5.96. The van der Waals surface area contributed by atoms with Crippen molar-refractivity contribution in [2.24, 2.45) is 0 Å². The Morgan fingerprint density at radius 1 is 1.32 bits per heavy atom. The number of fused-ring (bicyclic) bond motifs is 1. The highest BCUT2D eigenvalue weighted by Crippen LogP contribution is 2.26. The van der Waals surface area contributed by atoms with E-state index in [0.29, 0.717) is 18.0 Å². The van der Waals surface area contributed by atoms with E-state index in [-0.39, 0.29) is 5.91 Å². The molecule has 96 valence electrons. The first kappa shape index (κ1) is 12.0.